The first-order valence-electron chi connectivity index (χ1n) is 9.00. The zero-order valence-electron chi connectivity index (χ0n) is 15.6. The Hall–Kier alpha value is -1.80. The molecule has 7 nitrogen and oxygen atoms in total. The molecule has 1 aromatic rings. The topological polar surface area (TPSA) is 82.1 Å². The van der Waals surface area contributed by atoms with Crippen LogP contribution in [0.3, 0.4) is 0 Å². The summed E-state index contributed by atoms with van der Waals surface area (Å²) in [6.45, 7) is 7.09. The first kappa shape index (κ1) is 20.5. The predicted octanol–water partition coefficient (Wildman–Crippen LogP) is 2.45. The van der Waals surface area contributed by atoms with Gasteiger partial charge in [0.25, 0.3) is 0 Å². The van der Waals surface area contributed by atoms with Crippen molar-refractivity contribution in [3.63, 3.8) is 0 Å². The number of carbonyl (C=O) groups is 1. The van der Waals surface area contributed by atoms with E-state index < -0.39 is 15.9 Å². The minimum absolute atomic E-state index is 0.133. The fraction of sp³-hybridized carbons (Fsp3) is 0.611. The van der Waals surface area contributed by atoms with Crippen molar-refractivity contribution < 1.29 is 27.4 Å². The summed E-state index contributed by atoms with van der Waals surface area (Å²) in [5, 5.41) is 0. The van der Waals surface area contributed by atoms with Gasteiger partial charge in [-0.05, 0) is 45.7 Å². The van der Waals surface area contributed by atoms with E-state index in [9.17, 15) is 13.2 Å². The van der Waals surface area contributed by atoms with Crippen molar-refractivity contribution >= 4 is 16.0 Å². The zero-order valence-corrected chi connectivity index (χ0v) is 16.4. The number of piperidine rings is 1. The van der Waals surface area contributed by atoms with Gasteiger partial charge in [0.2, 0.25) is 10.0 Å². The molecule has 0 bridgehead atoms. The molecule has 0 spiro atoms. The van der Waals surface area contributed by atoms with Gasteiger partial charge in [-0.2, -0.15) is 4.31 Å². The number of sulfonamides is 1. The van der Waals surface area contributed by atoms with Crippen LogP contribution < -0.4 is 9.47 Å². The van der Waals surface area contributed by atoms with Gasteiger partial charge in [0.05, 0.1) is 30.6 Å². The quantitative estimate of drug-likeness (QED) is 0.639. The number of hydrogen-bond acceptors (Lipinski definition) is 6. The van der Waals surface area contributed by atoms with E-state index in [2.05, 4.69) is 0 Å². The number of esters is 1. The SMILES string of the molecule is CCOC(=O)C1CCCN(S(=O)(=O)c2ccc(OCC)c(OCC)c2)C1. The molecule has 1 heterocycles. The van der Waals surface area contributed by atoms with Gasteiger partial charge in [-0.1, -0.05) is 0 Å². The lowest BCUT2D eigenvalue weighted by atomic mass is 10.0. The van der Waals surface area contributed by atoms with Gasteiger partial charge >= 0.3 is 5.97 Å². The molecule has 1 aliphatic rings. The third-order valence-electron chi connectivity index (χ3n) is 4.16. The Labute approximate surface area is 155 Å². The van der Waals surface area contributed by atoms with Gasteiger partial charge in [-0.25, -0.2) is 8.42 Å². The molecular formula is C18H27NO6S. The number of hydrogen-bond donors (Lipinski definition) is 0. The van der Waals surface area contributed by atoms with Crippen LogP contribution in [0.15, 0.2) is 23.1 Å². The fourth-order valence-electron chi connectivity index (χ4n) is 2.95. The van der Waals surface area contributed by atoms with Gasteiger partial charge in [-0.15, -0.1) is 0 Å². The Morgan fingerprint density at radius 3 is 2.46 bits per heavy atom. The highest BCUT2D eigenvalue weighted by Gasteiger charge is 2.34. The van der Waals surface area contributed by atoms with E-state index in [1.807, 2.05) is 13.8 Å². The van der Waals surface area contributed by atoms with Gasteiger partial charge in [0.1, 0.15) is 0 Å². The summed E-state index contributed by atoms with van der Waals surface area (Å²) in [5.74, 6) is 0.146. The minimum atomic E-state index is -3.73. The molecule has 0 amide bonds. The second kappa shape index (κ2) is 9.23. The molecule has 1 atom stereocenters. The monoisotopic (exact) mass is 385 g/mol. The predicted molar refractivity (Wildman–Crippen MR) is 96.9 cm³/mol. The maximum absolute atomic E-state index is 13.0. The Morgan fingerprint density at radius 1 is 1.12 bits per heavy atom. The number of ether oxygens (including phenoxy) is 3. The van der Waals surface area contributed by atoms with Crippen LogP contribution in [0.1, 0.15) is 33.6 Å². The first-order chi connectivity index (χ1) is 12.4. The lowest BCUT2D eigenvalue weighted by Crippen LogP contribution is -2.42. The highest BCUT2D eigenvalue weighted by molar-refractivity contribution is 7.89. The van der Waals surface area contributed by atoms with Gasteiger partial charge < -0.3 is 14.2 Å². The largest absolute Gasteiger partial charge is 0.490 e. The van der Waals surface area contributed by atoms with Crippen LogP contribution in [0.4, 0.5) is 0 Å². The Balaban J connectivity index is 2.25. The molecule has 0 N–H and O–H groups in total. The molecule has 146 valence electrons. The Morgan fingerprint density at radius 2 is 1.81 bits per heavy atom. The Kier molecular flexibility index (Phi) is 7.28. The molecule has 2 rings (SSSR count). The normalized spacial score (nSPS) is 18.3. The van der Waals surface area contributed by atoms with Crippen LogP contribution in [0, 0.1) is 5.92 Å². The van der Waals surface area contributed by atoms with Crippen LogP contribution in [0.2, 0.25) is 0 Å². The third-order valence-corrected chi connectivity index (χ3v) is 6.02. The summed E-state index contributed by atoms with van der Waals surface area (Å²) < 4.78 is 43.4. The molecule has 1 saturated heterocycles. The first-order valence-corrected chi connectivity index (χ1v) is 10.4. The van der Waals surface area contributed by atoms with E-state index in [1.165, 1.54) is 16.4 Å². The van der Waals surface area contributed by atoms with Gasteiger partial charge in [-0.3, -0.25) is 4.79 Å². The van der Waals surface area contributed by atoms with Crippen molar-refractivity contribution in [3.8, 4) is 11.5 Å². The molecule has 0 aromatic heterocycles. The summed E-state index contributed by atoms with van der Waals surface area (Å²) in [7, 11) is -3.73. The second-order valence-electron chi connectivity index (χ2n) is 5.93. The van der Waals surface area contributed by atoms with E-state index in [-0.39, 0.29) is 17.4 Å². The number of benzene rings is 1. The molecule has 1 aromatic carbocycles. The summed E-state index contributed by atoms with van der Waals surface area (Å²) in [6, 6.07) is 4.60. The molecule has 0 aliphatic carbocycles. The minimum Gasteiger partial charge on any atom is -0.490 e. The maximum Gasteiger partial charge on any atom is 0.310 e. The highest BCUT2D eigenvalue weighted by atomic mass is 32.2. The van der Waals surface area contributed by atoms with Crippen molar-refractivity contribution in [1.82, 2.24) is 4.31 Å². The average Bonchev–Trinajstić information content (AvgIpc) is 2.64. The number of carbonyl (C=O) groups excluding carboxylic acids is 1. The van der Waals surface area contributed by atoms with Crippen LogP contribution in [-0.4, -0.2) is 51.6 Å². The van der Waals surface area contributed by atoms with Gasteiger partial charge in [0.15, 0.2) is 11.5 Å². The molecule has 26 heavy (non-hydrogen) atoms. The molecule has 1 aliphatic heterocycles. The fourth-order valence-corrected chi connectivity index (χ4v) is 4.49. The second-order valence-corrected chi connectivity index (χ2v) is 7.87. The molecular weight excluding hydrogens is 358 g/mol. The van der Waals surface area contributed by atoms with Crippen LogP contribution in [0.5, 0.6) is 11.5 Å². The average molecular weight is 385 g/mol. The zero-order chi connectivity index (χ0) is 19.2. The van der Waals surface area contributed by atoms with E-state index in [0.717, 1.165) is 0 Å². The lowest BCUT2D eigenvalue weighted by Gasteiger charge is -2.30. The smallest absolute Gasteiger partial charge is 0.310 e. The maximum atomic E-state index is 13.0. The third kappa shape index (κ3) is 4.67. The van der Waals surface area contributed by atoms with Gasteiger partial charge in [0, 0.05) is 19.2 Å². The highest BCUT2D eigenvalue weighted by Crippen LogP contribution is 2.32. The molecule has 1 unspecified atom stereocenters. The van der Waals surface area contributed by atoms with Crippen molar-refractivity contribution in [3.05, 3.63) is 18.2 Å². The molecule has 0 radical (unpaired) electrons. The number of rotatable bonds is 8. The summed E-state index contributed by atoms with van der Waals surface area (Å²) in [5.41, 5.74) is 0. The van der Waals surface area contributed by atoms with E-state index in [4.69, 9.17) is 14.2 Å². The summed E-state index contributed by atoms with van der Waals surface area (Å²) in [6.07, 6.45) is 1.26. The van der Waals surface area contributed by atoms with Crippen LogP contribution >= 0.6 is 0 Å². The van der Waals surface area contributed by atoms with E-state index in [0.29, 0.717) is 50.7 Å². The van der Waals surface area contributed by atoms with Crippen LogP contribution in [-0.2, 0) is 19.6 Å². The Bertz CT molecular complexity index is 718. The van der Waals surface area contributed by atoms with E-state index in [1.54, 1.807) is 13.0 Å². The van der Waals surface area contributed by atoms with Crippen molar-refractivity contribution in [2.45, 2.75) is 38.5 Å². The van der Waals surface area contributed by atoms with E-state index >= 15 is 0 Å². The molecule has 1 fully saturated rings. The van der Waals surface area contributed by atoms with Crippen molar-refractivity contribution in [2.75, 3.05) is 32.9 Å². The van der Waals surface area contributed by atoms with Crippen LogP contribution in [0.25, 0.3) is 0 Å². The van der Waals surface area contributed by atoms with Crippen molar-refractivity contribution in [2.24, 2.45) is 5.92 Å². The summed E-state index contributed by atoms with van der Waals surface area (Å²) >= 11 is 0. The standard InChI is InChI=1S/C18H27NO6S/c1-4-23-16-10-9-15(12-17(16)24-5-2)26(21,22)19-11-7-8-14(13-19)18(20)25-6-3/h9-10,12,14H,4-8,11,13H2,1-3H3. The lowest BCUT2D eigenvalue weighted by molar-refractivity contribution is -0.149. The summed E-state index contributed by atoms with van der Waals surface area (Å²) in [4.78, 5) is 12.1. The molecule has 8 heteroatoms. The molecule has 0 saturated carbocycles. The number of nitrogens with zero attached hydrogens (tertiary/aromatic N) is 1. The van der Waals surface area contributed by atoms with Crippen molar-refractivity contribution in [1.29, 1.82) is 0 Å².